The Morgan fingerprint density at radius 1 is 1.08 bits per heavy atom. The number of ether oxygens (including phenoxy) is 1. The molecule has 0 saturated heterocycles. The van der Waals surface area contributed by atoms with Crippen molar-refractivity contribution in [2.75, 3.05) is 13.2 Å². The second-order valence-electron chi connectivity index (χ2n) is 5.15. The van der Waals surface area contributed by atoms with Crippen LogP contribution in [0.2, 0.25) is 10.0 Å². The smallest absolute Gasteiger partial charge is 0.338 e. The number of carbonyl (C=O) groups is 2. The van der Waals surface area contributed by atoms with Gasteiger partial charge in [-0.25, -0.2) is 17.9 Å². The molecule has 0 radical (unpaired) electrons. The molecule has 0 aliphatic heterocycles. The van der Waals surface area contributed by atoms with Crippen LogP contribution in [-0.2, 0) is 14.8 Å². The monoisotopic (exact) mass is 415 g/mol. The molecule has 0 amide bonds. The zero-order valence-corrected chi connectivity index (χ0v) is 16.0. The summed E-state index contributed by atoms with van der Waals surface area (Å²) < 4.78 is 31.0. The molecule has 0 saturated carbocycles. The van der Waals surface area contributed by atoms with Crippen LogP contribution in [-0.4, -0.2) is 33.3 Å². The van der Waals surface area contributed by atoms with Crippen molar-refractivity contribution in [3.05, 3.63) is 63.6 Å². The van der Waals surface area contributed by atoms with Gasteiger partial charge in [-0.05, 0) is 42.5 Å². The van der Waals surface area contributed by atoms with E-state index in [0.717, 1.165) is 0 Å². The fourth-order valence-electron chi connectivity index (χ4n) is 2.05. The average molecular weight is 416 g/mol. The van der Waals surface area contributed by atoms with Crippen molar-refractivity contribution >= 4 is 45.0 Å². The van der Waals surface area contributed by atoms with Crippen molar-refractivity contribution in [2.45, 2.75) is 11.8 Å². The van der Waals surface area contributed by atoms with Crippen molar-refractivity contribution in [3.8, 4) is 0 Å². The molecule has 0 heterocycles. The van der Waals surface area contributed by atoms with Gasteiger partial charge in [0.1, 0.15) is 0 Å². The first-order valence-electron chi connectivity index (χ1n) is 7.49. The van der Waals surface area contributed by atoms with E-state index in [9.17, 15) is 18.0 Å². The number of hydrogen-bond acceptors (Lipinski definition) is 5. The number of hydrogen-bond donors (Lipinski definition) is 1. The predicted octanol–water partition coefficient (Wildman–Crippen LogP) is 3.33. The van der Waals surface area contributed by atoms with Crippen LogP contribution < -0.4 is 4.72 Å². The molecular weight excluding hydrogens is 401 g/mol. The van der Waals surface area contributed by atoms with E-state index in [1.807, 2.05) is 0 Å². The highest BCUT2D eigenvalue weighted by Gasteiger charge is 2.16. The normalized spacial score (nSPS) is 11.2. The fraction of sp³-hybridized carbons (Fsp3) is 0.176. The molecule has 0 fully saturated rings. The van der Waals surface area contributed by atoms with Gasteiger partial charge >= 0.3 is 5.97 Å². The largest absolute Gasteiger partial charge is 0.454 e. The van der Waals surface area contributed by atoms with Gasteiger partial charge in [0.2, 0.25) is 15.8 Å². The van der Waals surface area contributed by atoms with E-state index >= 15 is 0 Å². The molecule has 0 aromatic heterocycles. The van der Waals surface area contributed by atoms with Gasteiger partial charge in [0.25, 0.3) is 0 Å². The van der Waals surface area contributed by atoms with Crippen molar-refractivity contribution in [1.29, 1.82) is 0 Å². The number of ketones is 1. The summed E-state index contributed by atoms with van der Waals surface area (Å²) in [6.45, 7) is 1.41. The number of halogens is 2. The first kappa shape index (κ1) is 20.4. The van der Waals surface area contributed by atoms with E-state index in [0.29, 0.717) is 5.02 Å². The molecule has 2 aromatic rings. The lowest BCUT2D eigenvalue weighted by molar-refractivity contribution is 0.0474. The van der Waals surface area contributed by atoms with E-state index in [1.54, 1.807) is 6.92 Å². The maximum atomic E-state index is 12.1. The number of sulfonamides is 1. The second-order valence-corrected chi connectivity index (χ2v) is 7.76. The number of Topliss-reactive ketones (excluding diaryl/α,β-unsaturated/α-hetero) is 1. The minimum absolute atomic E-state index is 0.0277. The zero-order chi connectivity index (χ0) is 19.3. The first-order valence-corrected chi connectivity index (χ1v) is 9.73. The standard InChI is InChI=1S/C17H15Cl2NO5S/c1-2-20-26(23,24)13-6-3-11(4-7-13)17(22)25-10-16(21)14-8-5-12(18)9-15(14)19/h3-9,20H,2,10H2,1H3. The SMILES string of the molecule is CCNS(=O)(=O)c1ccc(C(=O)OCC(=O)c2ccc(Cl)cc2Cl)cc1. The summed E-state index contributed by atoms with van der Waals surface area (Å²) in [6, 6.07) is 9.56. The molecular formula is C17H15Cl2NO5S. The van der Waals surface area contributed by atoms with Crippen molar-refractivity contribution in [1.82, 2.24) is 4.72 Å². The molecule has 0 aliphatic carbocycles. The van der Waals surface area contributed by atoms with E-state index in [1.165, 1.54) is 42.5 Å². The Balaban J connectivity index is 2.03. The summed E-state index contributed by atoms with van der Waals surface area (Å²) in [7, 11) is -3.60. The summed E-state index contributed by atoms with van der Waals surface area (Å²) in [5.41, 5.74) is 0.311. The lowest BCUT2D eigenvalue weighted by atomic mass is 10.1. The second kappa shape index (κ2) is 8.64. The maximum Gasteiger partial charge on any atom is 0.338 e. The number of rotatable bonds is 7. The van der Waals surface area contributed by atoms with Crippen molar-refractivity contribution < 1.29 is 22.7 Å². The lowest BCUT2D eigenvalue weighted by Crippen LogP contribution is -2.23. The lowest BCUT2D eigenvalue weighted by Gasteiger charge is -2.07. The van der Waals surface area contributed by atoms with E-state index < -0.39 is 28.4 Å². The summed E-state index contributed by atoms with van der Waals surface area (Å²) >= 11 is 11.7. The highest BCUT2D eigenvalue weighted by Crippen LogP contribution is 2.21. The van der Waals surface area contributed by atoms with Crippen LogP contribution in [0.5, 0.6) is 0 Å². The van der Waals surface area contributed by atoms with Crippen LogP contribution in [0.1, 0.15) is 27.6 Å². The third kappa shape index (κ3) is 5.04. The Bertz CT molecular complexity index is 927. The summed E-state index contributed by atoms with van der Waals surface area (Å²) in [5.74, 6) is -1.23. The van der Waals surface area contributed by atoms with E-state index in [4.69, 9.17) is 27.9 Å². The van der Waals surface area contributed by atoms with Crippen molar-refractivity contribution in [2.24, 2.45) is 0 Å². The Hall–Kier alpha value is -1.93. The Kier molecular flexibility index (Phi) is 6.77. The third-order valence-corrected chi connectivity index (χ3v) is 5.41. The molecule has 2 aromatic carbocycles. The van der Waals surface area contributed by atoms with Crippen LogP contribution in [0, 0.1) is 0 Å². The molecule has 0 unspecified atom stereocenters. The van der Waals surface area contributed by atoms with Crippen LogP contribution in [0.4, 0.5) is 0 Å². The summed E-state index contributed by atoms with van der Waals surface area (Å²) in [5, 5.41) is 0.549. The molecule has 1 N–H and O–H groups in total. The predicted molar refractivity (Wildman–Crippen MR) is 98.4 cm³/mol. The highest BCUT2D eigenvalue weighted by molar-refractivity contribution is 7.89. The Morgan fingerprint density at radius 3 is 2.31 bits per heavy atom. The number of esters is 1. The molecule has 0 spiro atoms. The molecule has 0 aliphatic rings. The third-order valence-electron chi connectivity index (χ3n) is 3.30. The number of benzene rings is 2. The van der Waals surface area contributed by atoms with Gasteiger partial charge in [0.05, 0.1) is 15.5 Å². The molecule has 9 heteroatoms. The van der Waals surface area contributed by atoms with Crippen molar-refractivity contribution in [3.63, 3.8) is 0 Å². The van der Waals surface area contributed by atoms with Gasteiger partial charge in [-0.2, -0.15) is 0 Å². The fourth-order valence-corrected chi connectivity index (χ4v) is 3.61. The van der Waals surface area contributed by atoms with E-state index in [-0.39, 0.29) is 27.6 Å². The van der Waals surface area contributed by atoms with Crippen LogP contribution >= 0.6 is 23.2 Å². The summed E-state index contributed by atoms with van der Waals surface area (Å²) in [6.07, 6.45) is 0. The minimum Gasteiger partial charge on any atom is -0.454 e. The minimum atomic E-state index is -3.60. The molecule has 6 nitrogen and oxygen atoms in total. The van der Waals surface area contributed by atoms with Gasteiger partial charge in [-0.15, -0.1) is 0 Å². The number of carbonyl (C=O) groups excluding carboxylic acids is 2. The number of nitrogens with one attached hydrogen (secondary N) is 1. The Labute approximate surface area is 161 Å². The van der Waals surface area contributed by atoms with Crippen LogP contribution in [0.3, 0.4) is 0 Å². The average Bonchev–Trinajstić information content (AvgIpc) is 2.59. The molecule has 2 rings (SSSR count). The van der Waals surface area contributed by atoms with Gasteiger partial charge < -0.3 is 4.74 Å². The first-order chi connectivity index (χ1) is 12.2. The maximum absolute atomic E-state index is 12.1. The molecule has 138 valence electrons. The zero-order valence-electron chi connectivity index (χ0n) is 13.7. The topological polar surface area (TPSA) is 89.5 Å². The molecule has 0 atom stereocenters. The van der Waals surface area contributed by atoms with Crippen LogP contribution in [0.15, 0.2) is 47.4 Å². The quantitative estimate of drug-likeness (QED) is 0.553. The highest BCUT2D eigenvalue weighted by atomic mass is 35.5. The van der Waals surface area contributed by atoms with Gasteiger partial charge in [-0.1, -0.05) is 30.1 Å². The van der Waals surface area contributed by atoms with E-state index in [2.05, 4.69) is 4.72 Å². The molecule has 0 bridgehead atoms. The van der Waals surface area contributed by atoms with Crippen LogP contribution in [0.25, 0.3) is 0 Å². The molecule has 26 heavy (non-hydrogen) atoms. The Morgan fingerprint density at radius 2 is 1.73 bits per heavy atom. The van der Waals surface area contributed by atoms with Gasteiger partial charge in [0, 0.05) is 17.1 Å². The summed E-state index contributed by atoms with van der Waals surface area (Å²) in [4.78, 5) is 24.1. The van der Waals surface area contributed by atoms with Gasteiger partial charge in [-0.3, -0.25) is 4.79 Å². The van der Waals surface area contributed by atoms with Gasteiger partial charge in [0.15, 0.2) is 6.61 Å².